The summed E-state index contributed by atoms with van der Waals surface area (Å²) in [5.41, 5.74) is 2.11. The van der Waals surface area contributed by atoms with Crippen molar-refractivity contribution in [2.75, 3.05) is 26.2 Å². The van der Waals surface area contributed by atoms with Gasteiger partial charge in [0.15, 0.2) is 0 Å². The number of rotatable bonds is 2. The summed E-state index contributed by atoms with van der Waals surface area (Å²) in [6.45, 7) is 4.89. The molecule has 2 aliphatic heterocycles. The minimum atomic E-state index is -3.24. The van der Waals surface area contributed by atoms with Crippen molar-refractivity contribution in [2.24, 2.45) is 0 Å². The SMILES string of the molecule is CC(=O)N1CCN(C(=O)c2c(-c3ccc(Cl)cc3)c(C)c3n2Cc2ccccc2C3(F)F)CC1. The molecule has 0 radical (unpaired) electrons. The highest BCUT2D eigenvalue weighted by atomic mass is 35.5. The fourth-order valence-corrected chi connectivity index (χ4v) is 5.26. The van der Waals surface area contributed by atoms with Gasteiger partial charge in [0.25, 0.3) is 5.91 Å². The average Bonchev–Trinajstić information content (AvgIpc) is 3.12. The second kappa shape index (κ2) is 8.24. The van der Waals surface area contributed by atoms with Crippen LogP contribution in [0.15, 0.2) is 48.5 Å². The van der Waals surface area contributed by atoms with Gasteiger partial charge in [-0.2, -0.15) is 8.78 Å². The van der Waals surface area contributed by atoms with Gasteiger partial charge in [0.1, 0.15) is 5.69 Å². The van der Waals surface area contributed by atoms with E-state index in [-0.39, 0.29) is 35.3 Å². The molecule has 2 amide bonds. The summed E-state index contributed by atoms with van der Waals surface area (Å²) in [5.74, 6) is -3.59. The van der Waals surface area contributed by atoms with E-state index in [1.54, 1.807) is 59.2 Å². The quantitative estimate of drug-likeness (QED) is 0.519. The first-order valence-corrected chi connectivity index (χ1v) is 11.6. The average molecular weight is 484 g/mol. The number of nitrogens with zero attached hydrogens (tertiary/aromatic N) is 3. The van der Waals surface area contributed by atoms with E-state index >= 15 is 8.78 Å². The van der Waals surface area contributed by atoms with E-state index in [0.717, 1.165) is 0 Å². The molecule has 0 saturated carbocycles. The van der Waals surface area contributed by atoms with Gasteiger partial charge in [-0.25, -0.2) is 0 Å². The monoisotopic (exact) mass is 483 g/mol. The second-order valence-electron chi connectivity index (χ2n) is 8.82. The Kier molecular flexibility index (Phi) is 5.47. The summed E-state index contributed by atoms with van der Waals surface area (Å²) in [6, 6.07) is 13.4. The van der Waals surface area contributed by atoms with Gasteiger partial charge >= 0.3 is 5.92 Å². The minimum Gasteiger partial charge on any atom is -0.339 e. The van der Waals surface area contributed by atoms with E-state index in [2.05, 4.69) is 0 Å². The van der Waals surface area contributed by atoms with Crippen molar-refractivity contribution in [1.29, 1.82) is 0 Å². The normalized spacial score (nSPS) is 16.7. The third-order valence-corrected chi connectivity index (χ3v) is 7.09. The van der Waals surface area contributed by atoms with Crippen LogP contribution in [0.2, 0.25) is 5.02 Å². The third-order valence-electron chi connectivity index (χ3n) is 6.84. The van der Waals surface area contributed by atoms with Crippen LogP contribution < -0.4 is 0 Å². The molecule has 5 nitrogen and oxygen atoms in total. The number of fused-ring (bicyclic) bond motifs is 2. The molecule has 0 spiro atoms. The molecule has 3 aromatic rings. The van der Waals surface area contributed by atoms with Crippen LogP contribution in [0.1, 0.15) is 39.8 Å². The first kappa shape index (κ1) is 22.6. The molecule has 0 unspecified atom stereocenters. The number of hydrogen-bond acceptors (Lipinski definition) is 2. The number of piperazine rings is 1. The fraction of sp³-hybridized carbons (Fsp3) is 0.308. The van der Waals surface area contributed by atoms with Crippen LogP contribution in [0.5, 0.6) is 0 Å². The summed E-state index contributed by atoms with van der Waals surface area (Å²) < 4.78 is 33.2. The molecule has 0 N–H and O–H groups in total. The predicted molar refractivity (Wildman–Crippen MR) is 126 cm³/mol. The van der Waals surface area contributed by atoms with Crippen molar-refractivity contribution >= 4 is 23.4 Å². The van der Waals surface area contributed by atoms with E-state index in [0.29, 0.717) is 53.5 Å². The van der Waals surface area contributed by atoms with E-state index in [9.17, 15) is 9.59 Å². The molecular formula is C26H24ClF2N3O2. The molecule has 1 aromatic heterocycles. The lowest BCUT2D eigenvalue weighted by Crippen LogP contribution is -2.50. The van der Waals surface area contributed by atoms with E-state index in [4.69, 9.17) is 11.6 Å². The zero-order chi connectivity index (χ0) is 24.2. The molecule has 176 valence electrons. The third kappa shape index (κ3) is 3.50. The van der Waals surface area contributed by atoms with Crippen LogP contribution in [0.3, 0.4) is 0 Å². The highest BCUT2D eigenvalue weighted by Crippen LogP contribution is 2.48. The zero-order valence-corrected chi connectivity index (χ0v) is 19.7. The van der Waals surface area contributed by atoms with Crippen molar-refractivity contribution in [1.82, 2.24) is 14.4 Å². The second-order valence-corrected chi connectivity index (χ2v) is 9.26. The van der Waals surface area contributed by atoms with Crippen molar-refractivity contribution in [3.63, 3.8) is 0 Å². The molecule has 3 heterocycles. The molecule has 1 saturated heterocycles. The Labute approximate surface area is 201 Å². The van der Waals surface area contributed by atoms with Gasteiger partial charge in [-0.05, 0) is 35.7 Å². The topological polar surface area (TPSA) is 45.6 Å². The molecule has 2 aliphatic rings. The Morgan fingerprint density at radius 1 is 0.941 bits per heavy atom. The highest BCUT2D eigenvalue weighted by molar-refractivity contribution is 6.30. The van der Waals surface area contributed by atoms with Gasteiger partial charge in [0.2, 0.25) is 5.91 Å². The number of hydrogen-bond donors (Lipinski definition) is 0. The van der Waals surface area contributed by atoms with Crippen molar-refractivity contribution in [3.8, 4) is 11.1 Å². The highest BCUT2D eigenvalue weighted by Gasteiger charge is 2.47. The van der Waals surface area contributed by atoms with Gasteiger partial charge in [-0.15, -0.1) is 0 Å². The Morgan fingerprint density at radius 2 is 1.56 bits per heavy atom. The van der Waals surface area contributed by atoms with Crippen LogP contribution in [-0.2, 0) is 17.3 Å². The molecule has 1 fully saturated rings. The van der Waals surface area contributed by atoms with Crippen molar-refractivity contribution < 1.29 is 18.4 Å². The molecule has 5 rings (SSSR count). The first-order valence-electron chi connectivity index (χ1n) is 11.2. The molecule has 8 heteroatoms. The van der Waals surface area contributed by atoms with Gasteiger partial charge in [-0.1, -0.05) is 48.0 Å². The van der Waals surface area contributed by atoms with E-state index < -0.39 is 5.92 Å². The number of alkyl halides is 2. The van der Waals surface area contributed by atoms with Gasteiger partial charge in [-0.3, -0.25) is 9.59 Å². The summed E-state index contributed by atoms with van der Waals surface area (Å²) in [4.78, 5) is 28.9. The lowest BCUT2D eigenvalue weighted by molar-refractivity contribution is -0.130. The van der Waals surface area contributed by atoms with Crippen LogP contribution in [0, 0.1) is 6.92 Å². The predicted octanol–water partition coefficient (Wildman–Crippen LogP) is 4.92. The smallest absolute Gasteiger partial charge is 0.313 e. The van der Waals surface area contributed by atoms with E-state index in [1.165, 1.54) is 17.6 Å². The van der Waals surface area contributed by atoms with Crippen molar-refractivity contribution in [2.45, 2.75) is 26.3 Å². The number of benzene rings is 2. The Bertz CT molecular complexity index is 1290. The van der Waals surface area contributed by atoms with Gasteiger partial charge in [0, 0.05) is 55.8 Å². The minimum absolute atomic E-state index is 0.0279. The zero-order valence-electron chi connectivity index (χ0n) is 18.9. The first-order chi connectivity index (χ1) is 16.2. The summed E-state index contributed by atoms with van der Waals surface area (Å²) >= 11 is 6.08. The molecule has 0 aliphatic carbocycles. The molecule has 0 bridgehead atoms. The maximum Gasteiger partial charge on any atom is 0.313 e. The Balaban J connectivity index is 1.68. The molecule has 0 atom stereocenters. The van der Waals surface area contributed by atoms with E-state index in [1.807, 2.05) is 0 Å². The lowest BCUT2D eigenvalue weighted by Gasteiger charge is -2.35. The number of amides is 2. The summed E-state index contributed by atoms with van der Waals surface area (Å²) in [6.07, 6.45) is 0. The summed E-state index contributed by atoms with van der Waals surface area (Å²) in [5, 5.41) is 0.524. The Morgan fingerprint density at radius 3 is 2.21 bits per heavy atom. The maximum atomic E-state index is 15.9. The van der Waals surface area contributed by atoms with Gasteiger partial charge < -0.3 is 14.4 Å². The summed E-state index contributed by atoms with van der Waals surface area (Å²) in [7, 11) is 0. The molecule has 34 heavy (non-hydrogen) atoms. The van der Waals surface area contributed by atoms with Gasteiger partial charge in [0.05, 0.1) is 5.69 Å². The molecule has 2 aromatic carbocycles. The van der Waals surface area contributed by atoms with Crippen LogP contribution in [-0.4, -0.2) is 52.4 Å². The number of aromatic nitrogens is 1. The number of carbonyl (C=O) groups is 2. The molecular weight excluding hydrogens is 460 g/mol. The Hall–Kier alpha value is -3.19. The largest absolute Gasteiger partial charge is 0.339 e. The van der Waals surface area contributed by atoms with Crippen molar-refractivity contribution in [3.05, 3.63) is 81.6 Å². The van der Waals surface area contributed by atoms with Crippen LogP contribution >= 0.6 is 11.6 Å². The standard InChI is InChI=1S/C26H24ClF2N3O2/c1-16-22(18-7-9-20(27)10-8-18)23(25(34)31-13-11-30(12-14-31)17(2)33)32-15-19-5-3-4-6-21(19)26(28,29)24(16)32/h3-10H,11-15H2,1-2H3. The fourth-order valence-electron chi connectivity index (χ4n) is 5.14. The number of carbonyl (C=O) groups excluding carboxylic acids is 2. The van der Waals surface area contributed by atoms with Crippen LogP contribution in [0.25, 0.3) is 11.1 Å². The number of halogens is 3. The maximum absolute atomic E-state index is 15.9. The lowest BCUT2D eigenvalue weighted by atomic mass is 9.93. The van der Waals surface area contributed by atoms with Crippen LogP contribution in [0.4, 0.5) is 8.78 Å².